The number of rotatable bonds is 4. The zero-order valence-corrected chi connectivity index (χ0v) is 19.9. The molecule has 0 unspecified atom stereocenters. The molecule has 2 atom stereocenters. The molecule has 0 spiro atoms. The quantitative estimate of drug-likeness (QED) is 0.632. The van der Waals surface area contributed by atoms with Crippen LogP contribution in [0.2, 0.25) is 5.02 Å². The van der Waals surface area contributed by atoms with E-state index in [-0.39, 0.29) is 12.1 Å². The third-order valence-electron chi connectivity index (χ3n) is 5.93. The highest BCUT2D eigenvalue weighted by Gasteiger charge is 2.38. The number of carbonyl (C=O) groups is 1. The van der Waals surface area contributed by atoms with E-state index in [4.69, 9.17) is 32.0 Å². The first-order chi connectivity index (χ1) is 16.5. The van der Waals surface area contributed by atoms with Crippen LogP contribution in [0.3, 0.4) is 0 Å². The van der Waals surface area contributed by atoms with Gasteiger partial charge in [0.25, 0.3) is 0 Å². The molecule has 0 amide bonds. The Morgan fingerprint density at radius 3 is 2.43 bits per heavy atom. The van der Waals surface area contributed by atoms with Crippen LogP contribution in [0.5, 0.6) is 0 Å². The van der Waals surface area contributed by atoms with Gasteiger partial charge in [-0.3, -0.25) is 4.90 Å². The van der Waals surface area contributed by atoms with E-state index in [2.05, 4.69) is 43.8 Å². The van der Waals surface area contributed by atoms with Gasteiger partial charge in [0.2, 0.25) is 11.9 Å². The number of morpholine rings is 1. The summed E-state index contributed by atoms with van der Waals surface area (Å²) in [6, 6.07) is 9.10. The number of carboxylic acid groups (broad SMARTS) is 1. The zero-order valence-electron chi connectivity index (χ0n) is 19.2. The van der Waals surface area contributed by atoms with Crippen LogP contribution in [0, 0.1) is 0 Å². The number of nitrogens with two attached hydrogens (primary N) is 1. The van der Waals surface area contributed by atoms with Gasteiger partial charge < -0.3 is 20.5 Å². The second kappa shape index (κ2) is 11.8. The van der Waals surface area contributed by atoms with Gasteiger partial charge in [-0.25, -0.2) is 14.8 Å². The number of hydrogen-bond acceptors (Lipinski definition) is 8. The van der Waals surface area contributed by atoms with E-state index in [1.807, 2.05) is 12.1 Å². The van der Waals surface area contributed by atoms with Crippen molar-refractivity contribution in [2.75, 3.05) is 36.9 Å². The van der Waals surface area contributed by atoms with E-state index < -0.39 is 12.1 Å². The van der Waals surface area contributed by atoms with Crippen molar-refractivity contribution in [3.8, 4) is 0 Å². The highest BCUT2D eigenvalue weighted by molar-refractivity contribution is 6.30. The molecule has 2 fully saturated rings. The fourth-order valence-corrected chi connectivity index (χ4v) is 4.36. The molecule has 0 aliphatic carbocycles. The summed E-state index contributed by atoms with van der Waals surface area (Å²) in [5.74, 6) is -1.80. The summed E-state index contributed by atoms with van der Waals surface area (Å²) in [5, 5.41) is 7.90. The lowest BCUT2D eigenvalue weighted by Crippen LogP contribution is -2.56. The second-order valence-electron chi connectivity index (χ2n) is 8.49. The largest absolute Gasteiger partial charge is 0.490 e. The molecule has 0 bridgehead atoms. The van der Waals surface area contributed by atoms with Gasteiger partial charge in [-0.2, -0.15) is 18.2 Å². The van der Waals surface area contributed by atoms with E-state index in [9.17, 15) is 13.2 Å². The van der Waals surface area contributed by atoms with Gasteiger partial charge in [0.05, 0.1) is 12.7 Å². The minimum Gasteiger partial charge on any atom is -0.475 e. The van der Waals surface area contributed by atoms with Crippen LogP contribution in [0.1, 0.15) is 25.3 Å². The van der Waals surface area contributed by atoms with Gasteiger partial charge >= 0.3 is 12.1 Å². The monoisotopic (exact) mass is 516 g/mol. The highest BCUT2D eigenvalue weighted by atomic mass is 35.5. The van der Waals surface area contributed by atoms with E-state index >= 15 is 0 Å². The van der Waals surface area contributed by atoms with Crippen molar-refractivity contribution in [2.45, 2.75) is 50.6 Å². The molecule has 2 aromatic rings. The SMILES string of the molecule is C[C@H]1CN(C2CCN(c3ncnc(N)n3)CC2)[C@@H](Cc2ccc(Cl)cc2)CO1.O=C(O)C(F)(F)F. The van der Waals surface area contributed by atoms with Gasteiger partial charge in [-0.1, -0.05) is 23.7 Å². The van der Waals surface area contributed by atoms with Crippen molar-refractivity contribution in [2.24, 2.45) is 0 Å². The van der Waals surface area contributed by atoms with E-state index in [1.54, 1.807) is 0 Å². The van der Waals surface area contributed by atoms with Crippen molar-refractivity contribution in [3.05, 3.63) is 41.2 Å². The summed E-state index contributed by atoms with van der Waals surface area (Å²) >= 11 is 6.04. The number of ether oxygens (including phenoxy) is 1. The number of piperidine rings is 1. The Kier molecular flexibility index (Phi) is 9.09. The molecule has 3 heterocycles. The summed E-state index contributed by atoms with van der Waals surface area (Å²) in [6.07, 6.45) is -0.197. The van der Waals surface area contributed by atoms with Crippen LogP contribution in [0.4, 0.5) is 25.1 Å². The van der Waals surface area contributed by atoms with Gasteiger partial charge in [0, 0.05) is 36.7 Å². The van der Waals surface area contributed by atoms with Crippen LogP contribution in [-0.2, 0) is 16.0 Å². The zero-order chi connectivity index (χ0) is 25.6. The number of aliphatic carboxylic acids is 1. The van der Waals surface area contributed by atoms with Crippen LogP contribution in [0.15, 0.2) is 30.6 Å². The fourth-order valence-electron chi connectivity index (χ4n) is 4.24. The Morgan fingerprint density at radius 1 is 1.23 bits per heavy atom. The summed E-state index contributed by atoms with van der Waals surface area (Å²) in [7, 11) is 0. The second-order valence-corrected chi connectivity index (χ2v) is 8.93. The van der Waals surface area contributed by atoms with Crippen LogP contribution in [0.25, 0.3) is 0 Å². The molecule has 2 aliphatic rings. The topological polar surface area (TPSA) is 118 Å². The van der Waals surface area contributed by atoms with Gasteiger partial charge in [-0.05, 0) is 43.9 Å². The third kappa shape index (κ3) is 7.91. The Labute approximate surface area is 206 Å². The average molecular weight is 517 g/mol. The van der Waals surface area contributed by atoms with Crippen LogP contribution < -0.4 is 10.6 Å². The molecule has 0 radical (unpaired) electrons. The Hall–Kier alpha value is -2.70. The maximum Gasteiger partial charge on any atom is 0.490 e. The normalized spacial score (nSPS) is 21.8. The molecule has 4 rings (SSSR count). The van der Waals surface area contributed by atoms with E-state index in [0.717, 1.165) is 50.5 Å². The fraction of sp³-hybridized carbons (Fsp3) is 0.545. The lowest BCUT2D eigenvalue weighted by atomic mass is 9.96. The van der Waals surface area contributed by atoms with Crippen LogP contribution in [-0.4, -0.2) is 81.5 Å². The maximum absolute atomic E-state index is 10.6. The summed E-state index contributed by atoms with van der Waals surface area (Å²) in [5.41, 5.74) is 7.01. The van der Waals surface area contributed by atoms with Crippen molar-refractivity contribution in [1.29, 1.82) is 0 Å². The molecule has 3 N–H and O–H groups in total. The van der Waals surface area contributed by atoms with E-state index in [0.29, 0.717) is 18.0 Å². The number of hydrogen-bond donors (Lipinski definition) is 2. The van der Waals surface area contributed by atoms with Gasteiger partial charge in [0.15, 0.2) is 0 Å². The molecule has 35 heavy (non-hydrogen) atoms. The molecule has 13 heteroatoms. The Bertz CT molecular complexity index is 974. The van der Waals surface area contributed by atoms with Gasteiger partial charge in [-0.15, -0.1) is 0 Å². The first kappa shape index (κ1) is 26.9. The predicted octanol–water partition coefficient (Wildman–Crippen LogP) is 3.04. The maximum atomic E-state index is 10.6. The number of carboxylic acids is 1. The molecule has 9 nitrogen and oxygen atoms in total. The Balaban J connectivity index is 0.000000429. The third-order valence-corrected chi connectivity index (χ3v) is 6.18. The standard InChI is InChI=1S/C20H27ClN6O.C2HF3O2/c1-14-11-27(18(12-28-14)10-15-2-4-16(21)5-3-15)17-6-8-26(9-7-17)20-24-13-23-19(22)25-20;3-2(4,5)1(6)7/h2-5,13-14,17-18H,6-12H2,1H3,(H2,22,23,24,25);(H,6,7)/t14-,18-;/m0./s1. The molecule has 2 aliphatic heterocycles. The average Bonchev–Trinajstić information content (AvgIpc) is 2.81. The minimum atomic E-state index is -5.08. The van der Waals surface area contributed by atoms with Gasteiger partial charge in [0.1, 0.15) is 6.33 Å². The first-order valence-electron chi connectivity index (χ1n) is 11.1. The molecule has 192 valence electrons. The van der Waals surface area contributed by atoms with E-state index in [1.165, 1.54) is 11.9 Å². The molecular formula is C22H28ClF3N6O3. The molecule has 0 saturated carbocycles. The number of nitrogen functional groups attached to an aromatic ring is 1. The molecular weight excluding hydrogens is 489 g/mol. The van der Waals surface area contributed by atoms with Crippen molar-refractivity contribution in [1.82, 2.24) is 19.9 Å². The highest BCUT2D eigenvalue weighted by Crippen LogP contribution is 2.26. The molecule has 1 aromatic heterocycles. The summed E-state index contributed by atoms with van der Waals surface area (Å²) in [6.45, 7) is 5.75. The molecule has 1 aromatic carbocycles. The first-order valence-corrected chi connectivity index (χ1v) is 11.5. The van der Waals surface area contributed by atoms with Crippen molar-refractivity contribution < 1.29 is 27.8 Å². The smallest absolute Gasteiger partial charge is 0.475 e. The lowest BCUT2D eigenvalue weighted by Gasteiger charge is -2.46. The number of nitrogens with zero attached hydrogens (tertiary/aromatic N) is 5. The number of alkyl halides is 3. The number of anilines is 2. The lowest BCUT2D eigenvalue weighted by molar-refractivity contribution is -0.192. The predicted molar refractivity (Wildman–Crippen MR) is 124 cm³/mol. The van der Waals surface area contributed by atoms with Crippen molar-refractivity contribution in [3.63, 3.8) is 0 Å². The van der Waals surface area contributed by atoms with Crippen LogP contribution >= 0.6 is 11.6 Å². The molecule has 2 saturated heterocycles. The Morgan fingerprint density at radius 2 is 1.86 bits per heavy atom. The number of benzene rings is 1. The summed E-state index contributed by atoms with van der Waals surface area (Å²) < 4.78 is 37.7. The number of aromatic nitrogens is 3. The van der Waals surface area contributed by atoms with Crippen molar-refractivity contribution >= 4 is 29.5 Å². The summed E-state index contributed by atoms with van der Waals surface area (Å²) in [4.78, 5) is 26.2. The number of halogens is 4. The minimum absolute atomic E-state index is 0.267.